The molecule has 1 aromatic heterocycles. The van der Waals surface area contributed by atoms with E-state index < -0.39 is 18.5 Å². The number of esters is 2. The van der Waals surface area contributed by atoms with Crippen LogP contribution in [0.1, 0.15) is 33.5 Å². The highest BCUT2D eigenvalue weighted by molar-refractivity contribution is 5.91. The van der Waals surface area contributed by atoms with Crippen LogP contribution in [0.4, 0.5) is 0 Å². The van der Waals surface area contributed by atoms with Crippen molar-refractivity contribution in [3.05, 3.63) is 64.6 Å². The second-order valence-corrected chi connectivity index (χ2v) is 6.06. The highest BCUT2D eigenvalue weighted by Crippen LogP contribution is 2.28. The zero-order valence-corrected chi connectivity index (χ0v) is 16.7. The molecule has 0 atom stereocenters. The van der Waals surface area contributed by atoms with E-state index >= 15 is 0 Å². The summed E-state index contributed by atoms with van der Waals surface area (Å²) in [4.78, 5) is 29.2. The van der Waals surface area contributed by atoms with E-state index in [1.165, 1.54) is 32.4 Å². The van der Waals surface area contributed by atoms with Crippen LogP contribution < -0.4 is 14.2 Å². The number of para-hydroxylation sites is 2. The van der Waals surface area contributed by atoms with Crippen LogP contribution >= 0.6 is 0 Å². The van der Waals surface area contributed by atoms with Crippen LogP contribution in [0.15, 0.2) is 42.5 Å². The van der Waals surface area contributed by atoms with E-state index in [2.05, 4.69) is 4.98 Å². The van der Waals surface area contributed by atoms with Crippen molar-refractivity contribution in [2.75, 3.05) is 20.8 Å². The summed E-state index contributed by atoms with van der Waals surface area (Å²) in [6, 6.07) is 11.1. The van der Waals surface area contributed by atoms with Crippen LogP contribution in [-0.4, -0.2) is 37.7 Å². The van der Waals surface area contributed by atoms with E-state index in [0.717, 1.165) is 0 Å². The molecule has 9 heteroatoms. The summed E-state index contributed by atoms with van der Waals surface area (Å²) in [5, 5.41) is 12.7. The van der Waals surface area contributed by atoms with Gasteiger partial charge in [-0.1, -0.05) is 12.1 Å². The number of carbonyl (C=O) groups is 2. The molecule has 0 aliphatic rings. The van der Waals surface area contributed by atoms with E-state index in [9.17, 15) is 14.8 Å². The molecule has 0 aliphatic carbocycles. The standard InChI is InChI=1S/C21H20N2O7/c1-4-29-21(25)19-15(22-14-7-5-6-8-16(14)23(19)26)12-30-20(24)13-9-10-17(27-2)18(11-13)28-3/h5-11H,4,12H2,1-3H3. The van der Waals surface area contributed by atoms with Crippen LogP contribution in [0.2, 0.25) is 0 Å². The third-order valence-corrected chi connectivity index (χ3v) is 4.26. The van der Waals surface area contributed by atoms with Crippen molar-refractivity contribution < 1.29 is 33.3 Å². The van der Waals surface area contributed by atoms with E-state index in [0.29, 0.717) is 21.7 Å². The molecule has 9 nitrogen and oxygen atoms in total. The molecule has 0 saturated carbocycles. The highest BCUT2D eigenvalue weighted by Gasteiger charge is 2.28. The average Bonchev–Trinajstić information content (AvgIpc) is 2.77. The van der Waals surface area contributed by atoms with Crippen LogP contribution in [0.5, 0.6) is 11.5 Å². The molecule has 0 fully saturated rings. The third-order valence-electron chi connectivity index (χ3n) is 4.26. The van der Waals surface area contributed by atoms with Gasteiger partial charge in [0.2, 0.25) is 5.52 Å². The van der Waals surface area contributed by atoms with E-state index in [-0.39, 0.29) is 29.1 Å². The normalized spacial score (nSPS) is 10.5. The summed E-state index contributed by atoms with van der Waals surface area (Å²) in [7, 11) is 2.93. The van der Waals surface area contributed by atoms with Crippen molar-refractivity contribution in [2.45, 2.75) is 13.5 Å². The van der Waals surface area contributed by atoms with Gasteiger partial charge in [-0.3, -0.25) is 0 Å². The van der Waals surface area contributed by atoms with Gasteiger partial charge in [0.05, 0.1) is 26.4 Å². The Kier molecular flexibility index (Phi) is 6.31. The number of methoxy groups -OCH3 is 2. The van der Waals surface area contributed by atoms with Gasteiger partial charge in [-0.2, -0.15) is 4.73 Å². The summed E-state index contributed by atoms with van der Waals surface area (Å²) in [5.74, 6) is -0.705. The number of aromatic nitrogens is 2. The summed E-state index contributed by atoms with van der Waals surface area (Å²) in [5.41, 5.74) is 0.445. The highest BCUT2D eigenvalue weighted by atomic mass is 16.5. The van der Waals surface area contributed by atoms with Gasteiger partial charge in [0.1, 0.15) is 12.1 Å². The van der Waals surface area contributed by atoms with Crippen LogP contribution in [-0.2, 0) is 16.1 Å². The predicted molar refractivity (Wildman–Crippen MR) is 105 cm³/mol. The number of ether oxygens (including phenoxy) is 4. The minimum atomic E-state index is -0.845. The molecular weight excluding hydrogens is 392 g/mol. The van der Waals surface area contributed by atoms with Gasteiger partial charge in [0, 0.05) is 6.07 Å². The number of benzene rings is 2. The second kappa shape index (κ2) is 9.08. The molecule has 2 aromatic carbocycles. The van der Waals surface area contributed by atoms with Crippen molar-refractivity contribution in [3.8, 4) is 11.5 Å². The second-order valence-electron chi connectivity index (χ2n) is 6.06. The molecule has 3 aromatic rings. The van der Waals surface area contributed by atoms with Crippen LogP contribution in [0.25, 0.3) is 11.0 Å². The SMILES string of the molecule is CCOC(=O)c1c(COC(=O)c2ccc(OC)c(OC)c2)nc2ccccc2[n+]1[O-]. The first kappa shape index (κ1) is 20.8. The molecule has 0 saturated heterocycles. The maximum atomic E-state index is 12.7. The number of rotatable bonds is 7. The smallest absolute Gasteiger partial charge is 0.407 e. The Labute approximate surface area is 172 Å². The van der Waals surface area contributed by atoms with Crippen molar-refractivity contribution in [3.63, 3.8) is 0 Å². The Bertz CT molecular complexity index is 1100. The summed E-state index contributed by atoms with van der Waals surface area (Å²) >= 11 is 0. The van der Waals surface area contributed by atoms with Gasteiger partial charge in [0.15, 0.2) is 17.2 Å². The fraction of sp³-hybridized carbons (Fsp3) is 0.238. The molecule has 0 unspecified atom stereocenters. The predicted octanol–water partition coefficient (Wildman–Crippen LogP) is 2.42. The molecule has 0 radical (unpaired) electrons. The summed E-state index contributed by atoms with van der Waals surface area (Å²) < 4.78 is 21.0. The number of hydrogen-bond donors (Lipinski definition) is 0. The summed E-state index contributed by atoms with van der Waals surface area (Å²) in [6.45, 7) is 1.31. The minimum absolute atomic E-state index is 0.00373. The Morgan fingerprint density at radius 1 is 1.00 bits per heavy atom. The van der Waals surface area contributed by atoms with E-state index in [1.54, 1.807) is 31.2 Å². The largest absolute Gasteiger partial charge is 0.618 e. The van der Waals surface area contributed by atoms with Crippen molar-refractivity contribution >= 4 is 23.0 Å². The average molecular weight is 412 g/mol. The molecule has 1 heterocycles. The van der Waals surface area contributed by atoms with Crippen LogP contribution in [0.3, 0.4) is 0 Å². The molecule has 0 aliphatic heterocycles. The fourth-order valence-electron chi connectivity index (χ4n) is 2.85. The maximum Gasteiger partial charge on any atom is 0.407 e. The van der Waals surface area contributed by atoms with Crippen molar-refractivity contribution in [1.29, 1.82) is 0 Å². The van der Waals surface area contributed by atoms with Gasteiger partial charge >= 0.3 is 17.6 Å². The number of carbonyl (C=O) groups excluding carboxylic acids is 2. The van der Waals surface area contributed by atoms with E-state index in [4.69, 9.17) is 18.9 Å². The maximum absolute atomic E-state index is 12.7. The first-order chi connectivity index (χ1) is 14.5. The molecule has 0 amide bonds. The lowest BCUT2D eigenvalue weighted by Gasteiger charge is -2.12. The zero-order valence-electron chi connectivity index (χ0n) is 16.7. The van der Waals surface area contributed by atoms with Crippen molar-refractivity contribution in [1.82, 2.24) is 4.98 Å². The third kappa shape index (κ3) is 4.09. The minimum Gasteiger partial charge on any atom is -0.618 e. The molecule has 0 N–H and O–H groups in total. The molecule has 0 bridgehead atoms. The number of fused-ring (bicyclic) bond motifs is 1. The lowest BCUT2D eigenvalue weighted by atomic mass is 10.2. The molecule has 3 rings (SSSR count). The zero-order chi connectivity index (χ0) is 21.7. The van der Waals surface area contributed by atoms with Gasteiger partial charge in [-0.05, 0) is 31.2 Å². The molecule has 0 spiro atoms. The Morgan fingerprint density at radius 3 is 2.43 bits per heavy atom. The molecule has 30 heavy (non-hydrogen) atoms. The lowest BCUT2D eigenvalue weighted by Crippen LogP contribution is -2.39. The Hall–Kier alpha value is -3.88. The Morgan fingerprint density at radius 2 is 1.73 bits per heavy atom. The van der Waals surface area contributed by atoms with Gasteiger partial charge < -0.3 is 24.2 Å². The number of hydrogen-bond acceptors (Lipinski definition) is 8. The first-order valence-electron chi connectivity index (χ1n) is 9.07. The summed E-state index contributed by atoms with van der Waals surface area (Å²) in [6.07, 6.45) is 0. The quantitative estimate of drug-likeness (QED) is 0.330. The Balaban J connectivity index is 1.92. The lowest BCUT2D eigenvalue weighted by molar-refractivity contribution is -0.581. The van der Waals surface area contributed by atoms with Gasteiger partial charge in [0.25, 0.3) is 0 Å². The monoisotopic (exact) mass is 412 g/mol. The first-order valence-corrected chi connectivity index (χ1v) is 9.07. The molecule has 156 valence electrons. The van der Waals surface area contributed by atoms with E-state index in [1.807, 2.05) is 0 Å². The number of nitrogens with zero attached hydrogens (tertiary/aromatic N) is 2. The van der Waals surface area contributed by atoms with Gasteiger partial charge in [-0.25, -0.2) is 14.6 Å². The fourth-order valence-corrected chi connectivity index (χ4v) is 2.85. The van der Waals surface area contributed by atoms with Gasteiger partial charge in [-0.15, -0.1) is 0 Å². The molecular formula is C21H20N2O7. The van der Waals surface area contributed by atoms with Crippen molar-refractivity contribution in [2.24, 2.45) is 0 Å². The van der Waals surface area contributed by atoms with Crippen LogP contribution in [0, 0.1) is 5.21 Å². The topological polar surface area (TPSA) is 111 Å².